The Morgan fingerprint density at radius 2 is 1.60 bits per heavy atom. The highest BCUT2D eigenvalue weighted by molar-refractivity contribution is 5.94. The number of nitrogens with one attached hydrogen (secondary N) is 1. The number of anilines is 1. The number of benzene rings is 2. The van der Waals surface area contributed by atoms with E-state index in [0.29, 0.717) is 0 Å². The Morgan fingerprint density at radius 1 is 0.900 bits per heavy atom. The first-order valence-electron chi connectivity index (χ1n) is 11.4. The summed E-state index contributed by atoms with van der Waals surface area (Å²) in [6, 6.07) is 16.7. The zero-order chi connectivity index (χ0) is 20.8. The van der Waals surface area contributed by atoms with Crippen LogP contribution < -0.4 is 10.2 Å². The third-order valence-electron chi connectivity index (χ3n) is 6.47. The molecule has 1 amide bonds. The van der Waals surface area contributed by atoms with E-state index in [9.17, 15) is 4.79 Å². The van der Waals surface area contributed by atoms with E-state index in [1.54, 1.807) is 0 Å². The fraction of sp³-hybridized carbons (Fsp3) is 0.480. The number of likely N-dealkylation sites (N-methyl/N-ethyl adjacent to an activating group) is 1. The van der Waals surface area contributed by atoms with Gasteiger partial charge in [-0.25, -0.2) is 0 Å². The zero-order valence-electron chi connectivity index (χ0n) is 18.1. The number of fused-ring (bicyclic) bond motifs is 1. The van der Waals surface area contributed by atoms with Crippen LogP contribution in [0.25, 0.3) is 0 Å². The fourth-order valence-corrected chi connectivity index (χ4v) is 4.48. The van der Waals surface area contributed by atoms with Gasteiger partial charge in [-0.1, -0.05) is 31.2 Å². The molecule has 5 nitrogen and oxygen atoms in total. The van der Waals surface area contributed by atoms with Gasteiger partial charge in [-0.3, -0.25) is 4.79 Å². The summed E-state index contributed by atoms with van der Waals surface area (Å²) in [6.45, 7) is 11.7. The molecule has 0 saturated carbocycles. The number of hydrogen-bond donors (Lipinski definition) is 1. The van der Waals surface area contributed by atoms with E-state index in [2.05, 4.69) is 63.3 Å². The number of carbonyl (C=O) groups is 1. The third-order valence-corrected chi connectivity index (χ3v) is 6.47. The molecule has 0 unspecified atom stereocenters. The molecule has 0 bridgehead atoms. The summed E-state index contributed by atoms with van der Waals surface area (Å²) < 4.78 is 0. The number of nitrogens with zero attached hydrogens (tertiary/aromatic N) is 3. The smallest absolute Gasteiger partial charge is 0.251 e. The van der Waals surface area contributed by atoms with Crippen molar-refractivity contribution in [1.82, 2.24) is 15.1 Å². The van der Waals surface area contributed by atoms with E-state index < -0.39 is 0 Å². The van der Waals surface area contributed by atoms with Gasteiger partial charge >= 0.3 is 0 Å². The van der Waals surface area contributed by atoms with Crippen molar-refractivity contribution in [2.45, 2.75) is 26.3 Å². The standard InChI is InChI=1S/C25H34N4O/c1-2-27-16-18-28(19-17-27)14-5-13-26-25(30)22-8-10-24(11-9-22)29-15-12-21-6-3-4-7-23(21)20-29/h3-4,6-11H,2,5,12-20H2,1H3,(H,26,30). The first-order chi connectivity index (χ1) is 14.7. The molecule has 1 fully saturated rings. The molecule has 30 heavy (non-hydrogen) atoms. The summed E-state index contributed by atoms with van der Waals surface area (Å²) in [5.41, 5.74) is 4.79. The number of piperazine rings is 1. The molecule has 0 aromatic heterocycles. The fourth-order valence-electron chi connectivity index (χ4n) is 4.48. The van der Waals surface area contributed by atoms with Crippen LogP contribution >= 0.6 is 0 Å². The molecule has 2 aromatic carbocycles. The van der Waals surface area contributed by atoms with Gasteiger partial charge in [-0.2, -0.15) is 0 Å². The lowest BCUT2D eigenvalue weighted by Gasteiger charge is -2.33. The van der Waals surface area contributed by atoms with Crippen LogP contribution in [-0.4, -0.2) is 68.1 Å². The number of rotatable bonds is 7. The van der Waals surface area contributed by atoms with E-state index in [4.69, 9.17) is 0 Å². The average Bonchev–Trinajstić information content (AvgIpc) is 2.82. The maximum atomic E-state index is 12.5. The first kappa shape index (κ1) is 20.9. The largest absolute Gasteiger partial charge is 0.367 e. The molecule has 5 heteroatoms. The molecule has 2 aliphatic rings. The van der Waals surface area contributed by atoms with E-state index in [1.807, 2.05) is 12.1 Å². The molecule has 4 rings (SSSR count). The topological polar surface area (TPSA) is 38.8 Å². The minimum Gasteiger partial charge on any atom is -0.367 e. The van der Waals surface area contributed by atoms with E-state index in [0.717, 1.165) is 77.3 Å². The van der Waals surface area contributed by atoms with Gasteiger partial charge in [-0.05, 0) is 61.3 Å². The van der Waals surface area contributed by atoms with E-state index in [-0.39, 0.29) is 5.91 Å². The quantitative estimate of drug-likeness (QED) is 0.718. The van der Waals surface area contributed by atoms with Crippen molar-refractivity contribution >= 4 is 11.6 Å². The van der Waals surface area contributed by atoms with Gasteiger partial charge in [-0.15, -0.1) is 0 Å². The number of hydrogen-bond acceptors (Lipinski definition) is 4. The van der Waals surface area contributed by atoms with Crippen molar-refractivity contribution < 1.29 is 4.79 Å². The zero-order valence-corrected chi connectivity index (χ0v) is 18.1. The van der Waals surface area contributed by atoms with Crippen LogP contribution in [0.5, 0.6) is 0 Å². The van der Waals surface area contributed by atoms with Gasteiger partial charge < -0.3 is 20.0 Å². The predicted molar refractivity (Wildman–Crippen MR) is 123 cm³/mol. The second-order valence-electron chi connectivity index (χ2n) is 8.37. The summed E-state index contributed by atoms with van der Waals surface area (Å²) in [4.78, 5) is 19.9. The molecule has 1 saturated heterocycles. The molecule has 0 atom stereocenters. The minimum absolute atomic E-state index is 0.0290. The molecule has 0 aliphatic carbocycles. The van der Waals surface area contributed by atoms with E-state index >= 15 is 0 Å². The summed E-state index contributed by atoms with van der Waals surface area (Å²) >= 11 is 0. The van der Waals surface area contributed by atoms with Crippen molar-refractivity contribution in [3.05, 3.63) is 65.2 Å². The predicted octanol–water partition coefficient (Wildman–Crippen LogP) is 3.01. The van der Waals surface area contributed by atoms with Crippen molar-refractivity contribution in [2.24, 2.45) is 0 Å². The van der Waals surface area contributed by atoms with Crippen LogP contribution in [0, 0.1) is 0 Å². The van der Waals surface area contributed by atoms with Crippen LogP contribution in [0.2, 0.25) is 0 Å². The van der Waals surface area contributed by atoms with Gasteiger partial charge in [0.1, 0.15) is 0 Å². The monoisotopic (exact) mass is 406 g/mol. The molecule has 1 N–H and O–H groups in total. The van der Waals surface area contributed by atoms with Crippen LogP contribution in [0.3, 0.4) is 0 Å². The van der Waals surface area contributed by atoms with Gasteiger partial charge in [0.2, 0.25) is 0 Å². The van der Waals surface area contributed by atoms with Crippen molar-refractivity contribution in [2.75, 3.05) is 57.3 Å². The summed E-state index contributed by atoms with van der Waals surface area (Å²) in [6.07, 6.45) is 2.08. The highest BCUT2D eigenvalue weighted by Crippen LogP contribution is 2.24. The third kappa shape index (κ3) is 5.21. The highest BCUT2D eigenvalue weighted by Gasteiger charge is 2.17. The van der Waals surface area contributed by atoms with Gasteiger partial charge in [0.15, 0.2) is 0 Å². The molecule has 0 spiro atoms. The van der Waals surface area contributed by atoms with Gasteiger partial charge in [0.05, 0.1) is 0 Å². The number of amides is 1. The van der Waals surface area contributed by atoms with Crippen molar-refractivity contribution in [3.63, 3.8) is 0 Å². The Hall–Kier alpha value is -2.37. The lowest BCUT2D eigenvalue weighted by atomic mass is 9.99. The Balaban J connectivity index is 1.21. The molecule has 2 aromatic rings. The Bertz CT molecular complexity index is 827. The Labute approximate surface area is 180 Å². The van der Waals surface area contributed by atoms with Gasteiger partial charge in [0.25, 0.3) is 5.91 Å². The molecule has 0 radical (unpaired) electrons. The van der Waals surface area contributed by atoms with E-state index in [1.165, 1.54) is 16.8 Å². The first-order valence-corrected chi connectivity index (χ1v) is 11.4. The van der Waals surface area contributed by atoms with Gasteiger partial charge in [0, 0.05) is 57.1 Å². The molecular weight excluding hydrogens is 372 g/mol. The highest BCUT2D eigenvalue weighted by atomic mass is 16.1. The maximum Gasteiger partial charge on any atom is 0.251 e. The Kier molecular flexibility index (Phi) is 7.03. The molecule has 160 valence electrons. The SMILES string of the molecule is CCN1CCN(CCCNC(=O)c2ccc(N3CCc4ccccc4C3)cc2)CC1. The second kappa shape index (κ2) is 10.1. The van der Waals surface area contributed by atoms with Crippen molar-refractivity contribution in [1.29, 1.82) is 0 Å². The maximum absolute atomic E-state index is 12.5. The number of carbonyl (C=O) groups excluding carboxylic acids is 1. The van der Waals surface area contributed by atoms with Crippen LogP contribution in [0.4, 0.5) is 5.69 Å². The second-order valence-corrected chi connectivity index (χ2v) is 8.37. The lowest BCUT2D eigenvalue weighted by Crippen LogP contribution is -2.46. The van der Waals surface area contributed by atoms with Crippen LogP contribution in [0.1, 0.15) is 34.8 Å². The average molecular weight is 407 g/mol. The summed E-state index contributed by atoms with van der Waals surface area (Å²) in [5.74, 6) is 0.0290. The van der Waals surface area contributed by atoms with Crippen LogP contribution in [-0.2, 0) is 13.0 Å². The normalized spacial score (nSPS) is 17.6. The Morgan fingerprint density at radius 3 is 2.33 bits per heavy atom. The molecule has 2 aliphatic heterocycles. The van der Waals surface area contributed by atoms with Crippen molar-refractivity contribution in [3.8, 4) is 0 Å². The molecular formula is C25H34N4O. The molecule has 2 heterocycles. The minimum atomic E-state index is 0.0290. The van der Waals surface area contributed by atoms with Crippen LogP contribution in [0.15, 0.2) is 48.5 Å². The summed E-state index contributed by atoms with van der Waals surface area (Å²) in [5, 5.41) is 3.08. The lowest BCUT2D eigenvalue weighted by molar-refractivity contribution is 0.0948. The summed E-state index contributed by atoms with van der Waals surface area (Å²) in [7, 11) is 0.